The van der Waals surface area contributed by atoms with Gasteiger partial charge in [0.1, 0.15) is 0 Å². The van der Waals surface area contributed by atoms with Crippen LogP contribution in [0, 0.1) is 5.92 Å². The van der Waals surface area contributed by atoms with Crippen LogP contribution in [0.3, 0.4) is 0 Å². The molecule has 142 valence electrons. The number of nitrogens with one attached hydrogen (secondary N) is 2. The molecule has 2 N–H and O–H groups in total. The maximum Gasteiger partial charge on any atom is 0.213 e. The molecule has 0 saturated heterocycles. The van der Waals surface area contributed by atoms with E-state index in [1.807, 2.05) is 12.1 Å². The van der Waals surface area contributed by atoms with E-state index in [1.165, 1.54) is 0 Å². The summed E-state index contributed by atoms with van der Waals surface area (Å²) in [5.74, 6) is 2.08. The summed E-state index contributed by atoms with van der Waals surface area (Å²) in [7, 11) is 1.71. The number of methoxy groups -OCH3 is 1. The highest BCUT2D eigenvalue weighted by molar-refractivity contribution is 5.79. The summed E-state index contributed by atoms with van der Waals surface area (Å²) in [6.45, 7) is 11.5. The van der Waals surface area contributed by atoms with Crippen LogP contribution < -0.4 is 15.4 Å². The number of hydrogen-bond acceptors (Lipinski definition) is 4. The van der Waals surface area contributed by atoms with E-state index < -0.39 is 0 Å². The molecule has 1 atom stereocenters. The topological polar surface area (TPSA) is 67.8 Å². The summed E-state index contributed by atoms with van der Waals surface area (Å²) in [4.78, 5) is 8.92. The smallest absolute Gasteiger partial charge is 0.213 e. The Morgan fingerprint density at radius 1 is 1.28 bits per heavy atom. The Hall–Kier alpha value is -1.82. The zero-order valence-corrected chi connectivity index (χ0v) is 16.3. The van der Waals surface area contributed by atoms with E-state index in [0.717, 1.165) is 44.1 Å². The van der Waals surface area contributed by atoms with Gasteiger partial charge >= 0.3 is 0 Å². The van der Waals surface area contributed by atoms with Gasteiger partial charge in [-0.1, -0.05) is 13.8 Å². The first-order chi connectivity index (χ1) is 12.0. The first kappa shape index (κ1) is 21.2. The minimum absolute atomic E-state index is 0.158. The first-order valence-electron chi connectivity index (χ1n) is 9.17. The molecule has 6 heteroatoms. The molecule has 1 aromatic rings. The van der Waals surface area contributed by atoms with Gasteiger partial charge < -0.3 is 20.1 Å². The standard InChI is InChI=1S/C19H34N4O2/c1-6-20-19(22-9-7-11-24-5)23-14-17-8-10-21-18(13-17)25-16(4)12-15(2)3/h8,10,13,15-16H,6-7,9,11-12,14H2,1-5H3,(H2,20,22,23). The van der Waals surface area contributed by atoms with E-state index in [-0.39, 0.29) is 6.10 Å². The minimum atomic E-state index is 0.158. The van der Waals surface area contributed by atoms with Gasteiger partial charge in [0.25, 0.3) is 0 Å². The van der Waals surface area contributed by atoms with Gasteiger partial charge in [0.2, 0.25) is 5.88 Å². The van der Waals surface area contributed by atoms with Crippen LogP contribution in [0.4, 0.5) is 0 Å². The number of guanidine groups is 1. The fourth-order valence-electron chi connectivity index (χ4n) is 2.47. The maximum absolute atomic E-state index is 5.91. The van der Waals surface area contributed by atoms with Crippen molar-refractivity contribution in [3.63, 3.8) is 0 Å². The molecule has 0 spiro atoms. The van der Waals surface area contributed by atoms with E-state index in [0.29, 0.717) is 18.3 Å². The fourth-order valence-corrected chi connectivity index (χ4v) is 2.47. The number of nitrogens with zero attached hydrogens (tertiary/aromatic N) is 2. The predicted octanol–water partition coefficient (Wildman–Crippen LogP) is 2.99. The number of aromatic nitrogens is 1. The van der Waals surface area contributed by atoms with Crippen molar-refractivity contribution < 1.29 is 9.47 Å². The average molecular weight is 351 g/mol. The predicted molar refractivity (Wildman–Crippen MR) is 103 cm³/mol. The number of aliphatic imine (C=N–C) groups is 1. The van der Waals surface area contributed by atoms with E-state index in [9.17, 15) is 0 Å². The molecule has 1 heterocycles. The van der Waals surface area contributed by atoms with E-state index in [2.05, 4.69) is 48.3 Å². The van der Waals surface area contributed by atoms with Crippen LogP contribution in [0.1, 0.15) is 46.1 Å². The van der Waals surface area contributed by atoms with Gasteiger partial charge in [-0.25, -0.2) is 9.98 Å². The van der Waals surface area contributed by atoms with Crippen molar-refractivity contribution in [3.05, 3.63) is 23.9 Å². The Bertz CT molecular complexity index is 506. The lowest BCUT2D eigenvalue weighted by Gasteiger charge is -2.16. The zero-order valence-electron chi connectivity index (χ0n) is 16.3. The van der Waals surface area contributed by atoms with Crippen molar-refractivity contribution in [2.45, 2.75) is 53.2 Å². The molecule has 0 amide bonds. The van der Waals surface area contributed by atoms with Crippen LogP contribution in [-0.4, -0.2) is 43.9 Å². The summed E-state index contributed by atoms with van der Waals surface area (Å²) in [5.41, 5.74) is 1.08. The molecule has 1 aromatic heterocycles. The lowest BCUT2D eigenvalue weighted by molar-refractivity contribution is 0.185. The molecule has 0 aliphatic rings. The van der Waals surface area contributed by atoms with Crippen molar-refractivity contribution in [1.82, 2.24) is 15.6 Å². The van der Waals surface area contributed by atoms with Crippen molar-refractivity contribution in [2.75, 3.05) is 26.8 Å². The van der Waals surface area contributed by atoms with E-state index in [4.69, 9.17) is 9.47 Å². The molecule has 25 heavy (non-hydrogen) atoms. The first-order valence-corrected chi connectivity index (χ1v) is 9.17. The lowest BCUT2D eigenvalue weighted by atomic mass is 10.1. The van der Waals surface area contributed by atoms with Gasteiger partial charge in [0, 0.05) is 39.1 Å². The maximum atomic E-state index is 5.91. The van der Waals surface area contributed by atoms with Gasteiger partial charge in [0.05, 0.1) is 12.6 Å². The van der Waals surface area contributed by atoms with Gasteiger partial charge in [-0.2, -0.15) is 0 Å². The SMILES string of the molecule is CCNC(=NCc1ccnc(OC(C)CC(C)C)c1)NCCCOC. The summed E-state index contributed by atoms with van der Waals surface area (Å²) < 4.78 is 11.0. The third-order valence-electron chi connectivity index (χ3n) is 3.51. The van der Waals surface area contributed by atoms with Crippen LogP contribution >= 0.6 is 0 Å². The summed E-state index contributed by atoms with van der Waals surface area (Å²) in [6.07, 6.45) is 3.90. The second-order valence-corrected chi connectivity index (χ2v) is 6.53. The molecular weight excluding hydrogens is 316 g/mol. The normalized spacial score (nSPS) is 13.0. The van der Waals surface area contributed by atoms with Crippen LogP contribution in [0.25, 0.3) is 0 Å². The molecule has 0 bridgehead atoms. The monoisotopic (exact) mass is 350 g/mol. The van der Waals surface area contributed by atoms with Gasteiger partial charge in [-0.3, -0.25) is 0 Å². The summed E-state index contributed by atoms with van der Waals surface area (Å²) in [6, 6.07) is 3.94. The number of pyridine rings is 1. The van der Waals surface area contributed by atoms with Gasteiger partial charge in [-0.15, -0.1) is 0 Å². The molecule has 6 nitrogen and oxygen atoms in total. The van der Waals surface area contributed by atoms with E-state index in [1.54, 1.807) is 13.3 Å². The van der Waals surface area contributed by atoms with Crippen LogP contribution in [0.15, 0.2) is 23.3 Å². The average Bonchev–Trinajstić information content (AvgIpc) is 2.56. The lowest BCUT2D eigenvalue weighted by Crippen LogP contribution is -2.38. The van der Waals surface area contributed by atoms with Crippen molar-refractivity contribution in [3.8, 4) is 5.88 Å². The highest BCUT2D eigenvalue weighted by atomic mass is 16.5. The van der Waals surface area contributed by atoms with Crippen LogP contribution in [0.5, 0.6) is 5.88 Å². The molecule has 1 rings (SSSR count). The molecule has 1 unspecified atom stereocenters. The molecular formula is C19H34N4O2. The molecule has 0 aromatic carbocycles. The molecule has 0 radical (unpaired) electrons. The van der Waals surface area contributed by atoms with Gasteiger partial charge in [0.15, 0.2) is 5.96 Å². The Labute approximate surface area is 152 Å². The molecule has 0 fully saturated rings. The van der Waals surface area contributed by atoms with Crippen molar-refractivity contribution >= 4 is 5.96 Å². The Morgan fingerprint density at radius 2 is 2.08 bits per heavy atom. The van der Waals surface area contributed by atoms with Crippen molar-refractivity contribution in [1.29, 1.82) is 0 Å². The summed E-state index contributed by atoms with van der Waals surface area (Å²) >= 11 is 0. The van der Waals surface area contributed by atoms with Crippen molar-refractivity contribution in [2.24, 2.45) is 10.9 Å². The Morgan fingerprint density at radius 3 is 2.76 bits per heavy atom. The second kappa shape index (κ2) is 12.5. The van der Waals surface area contributed by atoms with Gasteiger partial charge in [-0.05, 0) is 44.2 Å². The Balaban J connectivity index is 2.59. The minimum Gasteiger partial charge on any atom is -0.475 e. The third kappa shape index (κ3) is 9.92. The fraction of sp³-hybridized carbons (Fsp3) is 0.684. The summed E-state index contributed by atoms with van der Waals surface area (Å²) in [5, 5.41) is 6.56. The quantitative estimate of drug-likeness (QED) is 0.365. The Kier molecular flexibility index (Phi) is 10.6. The number of hydrogen-bond donors (Lipinski definition) is 2. The second-order valence-electron chi connectivity index (χ2n) is 6.53. The largest absolute Gasteiger partial charge is 0.475 e. The number of rotatable bonds is 11. The third-order valence-corrected chi connectivity index (χ3v) is 3.51. The van der Waals surface area contributed by atoms with E-state index >= 15 is 0 Å². The molecule has 0 aliphatic heterocycles. The van der Waals surface area contributed by atoms with Crippen LogP contribution in [0.2, 0.25) is 0 Å². The molecule has 0 aliphatic carbocycles. The van der Waals surface area contributed by atoms with Crippen LogP contribution in [-0.2, 0) is 11.3 Å². The highest BCUT2D eigenvalue weighted by Gasteiger charge is 2.08. The highest BCUT2D eigenvalue weighted by Crippen LogP contribution is 2.15. The number of ether oxygens (including phenoxy) is 2. The zero-order chi connectivity index (χ0) is 18.5. The molecule has 0 saturated carbocycles.